The maximum absolute atomic E-state index is 12.7. The standard InChI is InChI=1S/C26H25N5O4/c1-17-4-13-23-28-18(2)25(31(23)15-17)26(33)30-27-14-19-5-9-22(10-6-19)35-16-24(32)29-20-7-11-21(34-3)12-8-20/h4-15H,16H2,1-3H3,(H,29,32)(H,30,33)/b27-14-. The zero-order valence-corrected chi connectivity index (χ0v) is 19.6. The average Bonchev–Trinajstić information content (AvgIpc) is 3.18. The summed E-state index contributed by atoms with van der Waals surface area (Å²) in [5, 5.41) is 6.81. The minimum atomic E-state index is -0.348. The third-order valence-corrected chi connectivity index (χ3v) is 5.16. The van der Waals surface area contributed by atoms with E-state index in [1.54, 1.807) is 67.0 Å². The van der Waals surface area contributed by atoms with Crippen LogP contribution in [0.2, 0.25) is 0 Å². The maximum Gasteiger partial charge on any atom is 0.290 e. The topological polar surface area (TPSA) is 106 Å². The molecule has 0 unspecified atom stereocenters. The van der Waals surface area contributed by atoms with Gasteiger partial charge in [-0.1, -0.05) is 6.07 Å². The largest absolute Gasteiger partial charge is 0.497 e. The van der Waals surface area contributed by atoms with E-state index in [0.717, 1.165) is 11.1 Å². The highest BCUT2D eigenvalue weighted by atomic mass is 16.5. The highest BCUT2D eigenvalue weighted by molar-refractivity contribution is 5.95. The van der Waals surface area contributed by atoms with Gasteiger partial charge in [-0.3, -0.25) is 14.0 Å². The van der Waals surface area contributed by atoms with Gasteiger partial charge in [-0.05, 0) is 79.6 Å². The predicted molar refractivity (Wildman–Crippen MR) is 133 cm³/mol. The zero-order valence-electron chi connectivity index (χ0n) is 19.6. The Hall–Kier alpha value is -4.66. The zero-order chi connectivity index (χ0) is 24.8. The fourth-order valence-electron chi connectivity index (χ4n) is 3.43. The van der Waals surface area contributed by atoms with Gasteiger partial charge in [0.05, 0.1) is 19.0 Å². The van der Waals surface area contributed by atoms with Crippen molar-refractivity contribution in [3.63, 3.8) is 0 Å². The Kier molecular flexibility index (Phi) is 7.06. The lowest BCUT2D eigenvalue weighted by molar-refractivity contribution is -0.118. The second-order valence-electron chi connectivity index (χ2n) is 7.81. The van der Waals surface area contributed by atoms with Gasteiger partial charge in [0, 0.05) is 11.9 Å². The first kappa shape index (κ1) is 23.5. The van der Waals surface area contributed by atoms with Crippen molar-refractivity contribution in [1.29, 1.82) is 0 Å². The minimum absolute atomic E-state index is 0.131. The van der Waals surface area contributed by atoms with E-state index in [2.05, 4.69) is 20.8 Å². The van der Waals surface area contributed by atoms with Crippen molar-refractivity contribution in [3.8, 4) is 11.5 Å². The summed E-state index contributed by atoms with van der Waals surface area (Å²) in [4.78, 5) is 29.2. The van der Waals surface area contributed by atoms with Gasteiger partial charge in [-0.25, -0.2) is 10.4 Å². The van der Waals surface area contributed by atoms with E-state index in [1.807, 2.05) is 25.3 Å². The van der Waals surface area contributed by atoms with Crippen LogP contribution in [0, 0.1) is 13.8 Å². The molecule has 0 aliphatic heterocycles. The SMILES string of the molecule is COc1ccc(NC(=O)COc2ccc(/C=N\NC(=O)c3c(C)nc4ccc(C)cn34)cc2)cc1. The second kappa shape index (κ2) is 10.5. The maximum atomic E-state index is 12.7. The highest BCUT2D eigenvalue weighted by Crippen LogP contribution is 2.16. The molecule has 0 saturated heterocycles. The number of methoxy groups -OCH3 is 1. The van der Waals surface area contributed by atoms with Crippen LogP contribution in [0.15, 0.2) is 72.0 Å². The van der Waals surface area contributed by atoms with E-state index in [0.29, 0.717) is 34.2 Å². The molecule has 2 heterocycles. The number of pyridine rings is 1. The van der Waals surface area contributed by atoms with Gasteiger partial charge in [0.1, 0.15) is 22.8 Å². The lowest BCUT2D eigenvalue weighted by Crippen LogP contribution is -2.20. The van der Waals surface area contributed by atoms with Crippen LogP contribution in [-0.2, 0) is 4.79 Å². The number of hydrogen-bond acceptors (Lipinski definition) is 6. The lowest BCUT2D eigenvalue weighted by atomic mass is 10.2. The third kappa shape index (κ3) is 5.83. The molecule has 2 amide bonds. The van der Waals surface area contributed by atoms with Crippen LogP contribution in [-0.4, -0.2) is 41.1 Å². The van der Waals surface area contributed by atoms with Gasteiger partial charge in [0.2, 0.25) is 0 Å². The molecule has 35 heavy (non-hydrogen) atoms. The molecule has 9 heteroatoms. The van der Waals surface area contributed by atoms with Crippen molar-refractivity contribution in [2.75, 3.05) is 19.0 Å². The number of hydrazone groups is 1. The van der Waals surface area contributed by atoms with E-state index < -0.39 is 0 Å². The molecule has 9 nitrogen and oxygen atoms in total. The first-order valence-corrected chi connectivity index (χ1v) is 10.9. The van der Waals surface area contributed by atoms with Gasteiger partial charge in [0.25, 0.3) is 11.8 Å². The molecule has 178 valence electrons. The fourth-order valence-corrected chi connectivity index (χ4v) is 3.43. The second-order valence-corrected chi connectivity index (χ2v) is 7.81. The summed E-state index contributed by atoms with van der Waals surface area (Å²) in [6.07, 6.45) is 3.39. The van der Waals surface area contributed by atoms with Gasteiger partial charge in [0.15, 0.2) is 6.61 Å². The third-order valence-electron chi connectivity index (χ3n) is 5.16. The van der Waals surface area contributed by atoms with Crippen molar-refractivity contribution in [2.45, 2.75) is 13.8 Å². The molecule has 4 aromatic rings. The molecule has 0 fully saturated rings. The monoisotopic (exact) mass is 471 g/mol. The fraction of sp³-hybridized carbons (Fsp3) is 0.154. The number of fused-ring (bicyclic) bond motifs is 1. The Balaban J connectivity index is 1.29. The Morgan fingerprint density at radius 3 is 2.43 bits per heavy atom. The summed E-state index contributed by atoms with van der Waals surface area (Å²) < 4.78 is 12.4. The van der Waals surface area contributed by atoms with E-state index in [4.69, 9.17) is 9.47 Å². The van der Waals surface area contributed by atoms with Crippen LogP contribution in [0.4, 0.5) is 5.69 Å². The molecular weight excluding hydrogens is 446 g/mol. The molecule has 0 aliphatic carbocycles. The average molecular weight is 472 g/mol. The van der Waals surface area contributed by atoms with Crippen molar-refractivity contribution in [2.24, 2.45) is 5.10 Å². The summed E-state index contributed by atoms with van der Waals surface area (Å²) in [7, 11) is 1.58. The van der Waals surface area contributed by atoms with E-state index in [9.17, 15) is 9.59 Å². The Morgan fingerprint density at radius 2 is 1.71 bits per heavy atom. The van der Waals surface area contributed by atoms with Crippen molar-refractivity contribution >= 4 is 29.4 Å². The molecule has 2 N–H and O–H groups in total. The van der Waals surface area contributed by atoms with Gasteiger partial charge >= 0.3 is 0 Å². The van der Waals surface area contributed by atoms with E-state index >= 15 is 0 Å². The van der Waals surface area contributed by atoms with Crippen LogP contribution in [0.5, 0.6) is 11.5 Å². The molecule has 2 aromatic carbocycles. The van der Waals surface area contributed by atoms with Crippen LogP contribution < -0.4 is 20.2 Å². The Bertz CT molecular complexity index is 1380. The number of rotatable bonds is 8. The molecule has 0 bridgehead atoms. The number of aromatic nitrogens is 2. The van der Waals surface area contributed by atoms with Crippen LogP contribution >= 0.6 is 0 Å². The summed E-state index contributed by atoms with van der Waals surface area (Å²) in [6, 6.07) is 17.8. The number of carbonyl (C=O) groups excluding carboxylic acids is 2. The Morgan fingerprint density at radius 1 is 1.00 bits per heavy atom. The normalized spacial score (nSPS) is 10.9. The van der Waals surface area contributed by atoms with Gasteiger partial charge in [-0.15, -0.1) is 0 Å². The lowest BCUT2D eigenvalue weighted by Gasteiger charge is -2.08. The predicted octanol–water partition coefficient (Wildman–Crippen LogP) is 3.74. The van der Waals surface area contributed by atoms with Gasteiger partial charge < -0.3 is 14.8 Å². The smallest absolute Gasteiger partial charge is 0.290 e. The summed E-state index contributed by atoms with van der Waals surface area (Å²) in [5.74, 6) is 0.622. The van der Waals surface area contributed by atoms with Crippen LogP contribution in [0.1, 0.15) is 27.3 Å². The van der Waals surface area contributed by atoms with E-state index in [1.165, 1.54) is 6.21 Å². The number of aryl methyl sites for hydroxylation is 2. The van der Waals surface area contributed by atoms with Gasteiger partial charge in [-0.2, -0.15) is 5.10 Å². The summed E-state index contributed by atoms with van der Waals surface area (Å²) >= 11 is 0. The highest BCUT2D eigenvalue weighted by Gasteiger charge is 2.16. The van der Waals surface area contributed by atoms with Crippen LogP contribution in [0.25, 0.3) is 5.65 Å². The molecule has 0 aliphatic rings. The molecule has 4 rings (SSSR count). The Labute approximate surface area is 202 Å². The molecule has 0 atom stereocenters. The summed E-state index contributed by atoms with van der Waals surface area (Å²) in [5.41, 5.74) is 6.75. The van der Waals surface area contributed by atoms with Crippen LogP contribution in [0.3, 0.4) is 0 Å². The number of benzene rings is 2. The number of ether oxygens (including phenoxy) is 2. The number of amides is 2. The minimum Gasteiger partial charge on any atom is -0.497 e. The molecular formula is C26H25N5O4. The number of nitrogens with zero attached hydrogens (tertiary/aromatic N) is 3. The van der Waals surface area contributed by atoms with Crippen molar-refractivity contribution in [3.05, 3.63) is 89.4 Å². The molecule has 0 spiro atoms. The number of anilines is 1. The molecule has 0 saturated carbocycles. The van der Waals surface area contributed by atoms with E-state index in [-0.39, 0.29) is 18.4 Å². The number of carbonyl (C=O) groups is 2. The van der Waals surface area contributed by atoms with Crippen molar-refractivity contribution < 1.29 is 19.1 Å². The quantitative estimate of drug-likeness (QED) is 0.301. The number of hydrogen-bond donors (Lipinski definition) is 2. The number of nitrogens with one attached hydrogen (secondary N) is 2. The van der Waals surface area contributed by atoms with Crippen molar-refractivity contribution in [1.82, 2.24) is 14.8 Å². The first-order chi connectivity index (χ1) is 16.9. The summed E-state index contributed by atoms with van der Waals surface area (Å²) in [6.45, 7) is 3.61. The number of imidazole rings is 1. The first-order valence-electron chi connectivity index (χ1n) is 10.9. The molecule has 2 aromatic heterocycles. The molecule has 0 radical (unpaired) electrons.